The van der Waals surface area contributed by atoms with E-state index < -0.39 is 17.9 Å². The molecule has 0 saturated carbocycles. The lowest BCUT2D eigenvalue weighted by Crippen LogP contribution is -2.39. The van der Waals surface area contributed by atoms with Crippen molar-refractivity contribution in [1.29, 1.82) is 0 Å². The maximum Gasteiger partial charge on any atom is 0.251 e. The molecule has 0 bridgehead atoms. The second kappa shape index (κ2) is 12.6. The highest BCUT2D eigenvalue weighted by atomic mass is 35.5. The lowest BCUT2D eigenvalue weighted by atomic mass is 9.89. The molecule has 1 aromatic heterocycles. The fraction of sp³-hybridized carbons (Fsp3) is 0.387. The van der Waals surface area contributed by atoms with Crippen molar-refractivity contribution in [2.45, 2.75) is 51.5 Å². The standard InChI is InChI=1S/C31H34ClN3O6/c1-18(2)28-11-20-3-6-22(32)12-25(20)26-14-29(36)35(15-21(26)16-41-28)27(13-24-17-39-9-10-40-24)31(38)34-23-7-4-19(5-8-23)30(33)37/h3-8,12,14-15,18,24,27-28H,9-11,13,16-17H2,1-2H3,(H2,33,37)(H,34,38)/t24-,27?,28?/m1/s1. The van der Waals surface area contributed by atoms with Gasteiger partial charge in [-0.1, -0.05) is 31.5 Å². The summed E-state index contributed by atoms with van der Waals surface area (Å²) in [5.41, 5.74) is 9.26. The fourth-order valence-corrected chi connectivity index (χ4v) is 5.46. The zero-order valence-corrected chi connectivity index (χ0v) is 23.9. The number of nitrogens with two attached hydrogens (primary N) is 1. The first-order valence-corrected chi connectivity index (χ1v) is 14.1. The second-order valence-corrected chi connectivity index (χ2v) is 11.2. The first-order valence-electron chi connectivity index (χ1n) is 13.7. The highest BCUT2D eigenvalue weighted by Gasteiger charge is 2.30. The van der Waals surface area contributed by atoms with Crippen LogP contribution in [0.15, 0.2) is 59.5 Å². The lowest BCUT2D eigenvalue weighted by molar-refractivity contribution is -0.124. The van der Waals surface area contributed by atoms with Gasteiger partial charge in [0.15, 0.2) is 0 Å². The van der Waals surface area contributed by atoms with Gasteiger partial charge in [-0.05, 0) is 65.4 Å². The van der Waals surface area contributed by atoms with Gasteiger partial charge in [0.05, 0.1) is 38.6 Å². The predicted molar refractivity (Wildman–Crippen MR) is 156 cm³/mol. The molecule has 10 heteroatoms. The number of aromatic nitrogens is 1. The molecule has 5 rings (SSSR count). The van der Waals surface area contributed by atoms with Gasteiger partial charge >= 0.3 is 0 Å². The number of primary amides is 1. The summed E-state index contributed by atoms with van der Waals surface area (Å²) >= 11 is 6.39. The van der Waals surface area contributed by atoms with Gasteiger partial charge in [0.25, 0.3) is 5.56 Å². The molecule has 1 saturated heterocycles. The van der Waals surface area contributed by atoms with Crippen molar-refractivity contribution >= 4 is 29.1 Å². The number of anilines is 1. The molecular formula is C31H34ClN3O6. The molecule has 216 valence electrons. The number of hydrogen-bond acceptors (Lipinski definition) is 6. The second-order valence-electron chi connectivity index (χ2n) is 10.8. The summed E-state index contributed by atoms with van der Waals surface area (Å²) in [6.07, 6.45) is 2.24. The number of pyridine rings is 1. The molecule has 3 N–H and O–H groups in total. The zero-order valence-electron chi connectivity index (χ0n) is 23.1. The van der Waals surface area contributed by atoms with E-state index in [1.165, 1.54) is 16.7 Å². The van der Waals surface area contributed by atoms with Crippen LogP contribution in [-0.2, 0) is 32.0 Å². The monoisotopic (exact) mass is 579 g/mol. The number of fused-ring (bicyclic) bond motifs is 3. The van der Waals surface area contributed by atoms with Crippen LogP contribution >= 0.6 is 11.6 Å². The van der Waals surface area contributed by atoms with Crippen LogP contribution in [0.3, 0.4) is 0 Å². The maximum atomic E-state index is 13.7. The van der Waals surface area contributed by atoms with Crippen molar-refractivity contribution in [2.75, 3.05) is 25.1 Å². The van der Waals surface area contributed by atoms with E-state index >= 15 is 0 Å². The number of ether oxygens (including phenoxy) is 3. The fourth-order valence-electron chi connectivity index (χ4n) is 5.29. The molecule has 3 aromatic rings. The summed E-state index contributed by atoms with van der Waals surface area (Å²) < 4.78 is 19.2. The third kappa shape index (κ3) is 6.70. The minimum absolute atomic E-state index is 0.0290. The van der Waals surface area contributed by atoms with Crippen molar-refractivity contribution in [3.63, 3.8) is 0 Å². The van der Waals surface area contributed by atoms with Gasteiger partial charge in [-0.15, -0.1) is 0 Å². The number of carbonyl (C=O) groups is 2. The topological polar surface area (TPSA) is 122 Å². The zero-order chi connectivity index (χ0) is 29.1. The van der Waals surface area contributed by atoms with E-state index in [0.29, 0.717) is 42.5 Å². The Balaban J connectivity index is 1.54. The molecular weight excluding hydrogens is 546 g/mol. The molecule has 41 heavy (non-hydrogen) atoms. The van der Waals surface area contributed by atoms with Crippen molar-refractivity contribution in [3.8, 4) is 11.1 Å². The first-order chi connectivity index (χ1) is 19.7. The molecule has 0 aliphatic carbocycles. The van der Waals surface area contributed by atoms with Gasteiger partial charge < -0.3 is 29.8 Å². The van der Waals surface area contributed by atoms with E-state index in [0.717, 1.165) is 22.3 Å². The van der Waals surface area contributed by atoms with Gasteiger partial charge in [0.1, 0.15) is 6.04 Å². The van der Waals surface area contributed by atoms with Crippen LogP contribution < -0.4 is 16.6 Å². The van der Waals surface area contributed by atoms with E-state index in [2.05, 4.69) is 19.2 Å². The Morgan fingerprint density at radius 1 is 1.05 bits per heavy atom. The van der Waals surface area contributed by atoms with Gasteiger partial charge in [-0.2, -0.15) is 0 Å². The smallest absolute Gasteiger partial charge is 0.251 e. The van der Waals surface area contributed by atoms with Crippen LogP contribution in [0.5, 0.6) is 0 Å². The SMILES string of the molecule is CC(C)C1Cc2ccc(Cl)cc2-c2cc(=O)n(C(C[C@@H]3COCCO3)C(=O)Nc3ccc(C(N)=O)cc3)cc2CO1. The number of carbonyl (C=O) groups excluding carboxylic acids is 2. The molecule has 3 atom stereocenters. The molecule has 0 spiro atoms. The Bertz CT molecular complexity index is 1480. The van der Waals surface area contributed by atoms with Crippen molar-refractivity contribution < 1.29 is 23.8 Å². The third-order valence-corrected chi connectivity index (χ3v) is 7.82. The third-order valence-electron chi connectivity index (χ3n) is 7.59. The summed E-state index contributed by atoms with van der Waals surface area (Å²) in [6.45, 7) is 5.72. The average molecular weight is 580 g/mol. The molecule has 9 nitrogen and oxygen atoms in total. The Hall–Kier alpha value is -3.50. The van der Waals surface area contributed by atoms with Crippen LogP contribution in [-0.4, -0.2) is 48.4 Å². The number of nitrogens with one attached hydrogen (secondary N) is 1. The summed E-state index contributed by atoms with van der Waals surface area (Å²) in [6, 6.07) is 12.6. The van der Waals surface area contributed by atoms with Crippen LogP contribution in [0.1, 0.15) is 47.8 Å². The average Bonchev–Trinajstić information content (AvgIpc) is 2.95. The van der Waals surface area contributed by atoms with Crippen LogP contribution in [0.25, 0.3) is 11.1 Å². The van der Waals surface area contributed by atoms with Gasteiger partial charge in [-0.3, -0.25) is 14.4 Å². The number of nitrogens with zero attached hydrogens (tertiary/aromatic N) is 1. The predicted octanol–water partition coefficient (Wildman–Crippen LogP) is 4.35. The molecule has 2 aliphatic heterocycles. The normalized spacial score (nSPS) is 19.4. The molecule has 2 unspecified atom stereocenters. The Labute approximate surface area is 243 Å². The summed E-state index contributed by atoms with van der Waals surface area (Å²) in [7, 11) is 0. The minimum atomic E-state index is -0.902. The number of benzene rings is 2. The Morgan fingerprint density at radius 3 is 2.49 bits per heavy atom. The van der Waals surface area contributed by atoms with E-state index in [4.69, 9.17) is 31.5 Å². The maximum absolute atomic E-state index is 13.7. The van der Waals surface area contributed by atoms with Crippen LogP contribution in [0.2, 0.25) is 5.02 Å². The number of amides is 2. The van der Waals surface area contributed by atoms with Gasteiger partial charge in [0.2, 0.25) is 11.8 Å². The molecule has 1 fully saturated rings. The summed E-state index contributed by atoms with van der Waals surface area (Å²) in [5, 5.41) is 3.45. The van der Waals surface area contributed by atoms with E-state index in [1.54, 1.807) is 24.4 Å². The Morgan fingerprint density at radius 2 is 1.80 bits per heavy atom. The van der Waals surface area contributed by atoms with Crippen molar-refractivity contribution in [3.05, 3.63) is 86.8 Å². The largest absolute Gasteiger partial charge is 0.376 e. The van der Waals surface area contributed by atoms with Crippen LogP contribution in [0, 0.1) is 5.92 Å². The van der Waals surface area contributed by atoms with Crippen molar-refractivity contribution in [1.82, 2.24) is 4.57 Å². The summed E-state index contributed by atoms with van der Waals surface area (Å²) in [5.74, 6) is -0.690. The molecule has 3 heterocycles. The minimum Gasteiger partial charge on any atom is -0.376 e. The lowest BCUT2D eigenvalue weighted by Gasteiger charge is -2.30. The summed E-state index contributed by atoms with van der Waals surface area (Å²) in [4.78, 5) is 38.9. The number of hydrogen-bond donors (Lipinski definition) is 2. The molecule has 2 amide bonds. The highest BCUT2D eigenvalue weighted by Crippen LogP contribution is 2.34. The Kier molecular flexibility index (Phi) is 8.89. The van der Waals surface area contributed by atoms with E-state index in [-0.39, 0.29) is 36.7 Å². The quantitative estimate of drug-likeness (QED) is 0.429. The number of rotatable bonds is 7. The first kappa shape index (κ1) is 29.0. The molecule has 2 aliphatic rings. The van der Waals surface area contributed by atoms with Crippen LogP contribution in [0.4, 0.5) is 5.69 Å². The van der Waals surface area contributed by atoms with E-state index in [9.17, 15) is 14.4 Å². The van der Waals surface area contributed by atoms with Gasteiger partial charge in [0, 0.05) is 40.5 Å². The molecule has 2 aromatic carbocycles. The highest BCUT2D eigenvalue weighted by molar-refractivity contribution is 6.30. The van der Waals surface area contributed by atoms with Crippen molar-refractivity contribution in [2.24, 2.45) is 11.7 Å². The number of halogens is 1. The van der Waals surface area contributed by atoms with E-state index in [1.807, 2.05) is 18.2 Å². The molecule has 0 radical (unpaired) electrons. The van der Waals surface area contributed by atoms with Gasteiger partial charge in [-0.25, -0.2) is 0 Å².